The predicted molar refractivity (Wildman–Crippen MR) is 82.3 cm³/mol. The number of carbonyl (C=O) groups is 1. The van der Waals surface area contributed by atoms with E-state index in [1.807, 2.05) is 11.0 Å². The van der Waals surface area contributed by atoms with Gasteiger partial charge in [0.15, 0.2) is 0 Å². The highest BCUT2D eigenvalue weighted by molar-refractivity contribution is 7.81. The van der Waals surface area contributed by atoms with Crippen LogP contribution in [0.5, 0.6) is 0 Å². The van der Waals surface area contributed by atoms with Crippen molar-refractivity contribution in [3.8, 4) is 0 Å². The molecule has 3 rings (SSSR count). The summed E-state index contributed by atoms with van der Waals surface area (Å²) in [5.41, 5.74) is 2.27. The monoisotopic (exact) mass is 276 g/mol. The van der Waals surface area contributed by atoms with Gasteiger partial charge < -0.3 is 9.80 Å². The molecule has 4 heteroatoms. The van der Waals surface area contributed by atoms with Crippen LogP contribution in [-0.4, -0.2) is 30.8 Å². The summed E-state index contributed by atoms with van der Waals surface area (Å²) in [5, 5.41) is 0.168. The zero-order chi connectivity index (χ0) is 13.2. The first-order valence-corrected chi connectivity index (χ1v) is 7.60. The molecule has 0 radical (unpaired) electrons. The van der Waals surface area contributed by atoms with Crippen LogP contribution in [-0.2, 0) is 4.79 Å². The summed E-state index contributed by atoms with van der Waals surface area (Å²) < 4.78 is 0. The Morgan fingerprint density at radius 3 is 2.37 bits per heavy atom. The Morgan fingerprint density at radius 1 is 1.05 bits per heavy atom. The van der Waals surface area contributed by atoms with Crippen molar-refractivity contribution in [1.82, 2.24) is 0 Å². The number of para-hydroxylation sites is 2. The number of carbonyl (C=O) groups excluding carboxylic acids is 1. The minimum absolute atomic E-state index is 0.168. The molecule has 2 fully saturated rings. The number of hydrogen-bond acceptors (Lipinski definition) is 3. The molecule has 2 aliphatic rings. The fourth-order valence-electron chi connectivity index (χ4n) is 3.02. The Balaban J connectivity index is 1.90. The van der Waals surface area contributed by atoms with Crippen molar-refractivity contribution in [1.29, 1.82) is 0 Å². The molecule has 1 aromatic rings. The van der Waals surface area contributed by atoms with E-state index < -0.39 is 0 Å². The maximum Gasteiger partial charge on any atom is 0.228 e. The molecule has 1 aromatic carbocycles. The first-order chi connectivity index (χ1) is 9.25. The van der Waals surface area contributed by atoms with Crippen LogP contribution in [0.2, 0.25) is 0 Å². The van der Waals surface area contributed by atoms with Crippen LogP contribution in [0.1, 0.15) is 25.7 Å². The summed E-state index contributed by atoms with van der Waals surface area (Å²) in [7, 11) is 0. The lowest BCUT2D eigenvalue weighted by atomic mass is 10.1. The molecule has 19 heavy (non-hydrogen) atoms. The Hall–Kier alpha value is -1.16. The molecule has 0 spiro atoms. The summed E-state index contributed by atoms with van der Waals surface area (Å²) in [6.45, 7) is 2.93. The van der Waals surface area contributed by atoms with Crippen LogP contribution in [0.4, 0.5) is 11.4 Å². The molecular weight excluding hydrogens is 256 g/mol. The Morgan fingerprint density at radius 2 is 1.74 bits per heavy atom. The van der Waals surface area contributed by atoms with Crippen LogP contribution in [0.15, 0.2) is 24.3 Å². The van der Waals surface area contributed by atoms with Gasteiger partial charge in [0.05, 0.1) is 11.4 Å². The van der Waals surface area contributed by atoms with E-state index in [9.17, 15) is 4.79 Å². The van der Waals surface area contributed by atoms with Gasteiger partial charge in [-0.15, -0.1) is 0 Å². The van der Waals surface area contributed by atoms with Crippen molar-refractivity contribution < 1.29 is 4.79 Å². The van der Waals surface area contributed by atoms with Gasteiger partial charge >= 0.3 is 0 Å². The average Bonchev–Trinajstić information content (AvgIpc) is 2.79. The van der Waals surface area contributed by atoms with Crippen molar-refractivity contribution in [3.63, 3.8) is 0 Å². The third-order valence-electron chi connectivity index (χ3n) is 3.97. The van der Waals surface area contributed by atoms with E-state index in [-0.39, 0.29) is 11.2 Å². The van der Waals surface area contributed by atoms with Gasteiger partial charge in [-0.25, -0.2) is 0 Å². The molecular formula is C15H20N2OS. The predicted octanol–water partition coefficient (Wildman–Crippen LogP) is 2.71. The molecule has 0 bridgehead atoms. The van der Waals surface area contributed by atoms with Gasteiger partial charge in [0, 0.05) is 31.3 Å². The molecule has 102 valence electrons. The van der Waals surface area contributed by atoms with Crippen LogP contribution >= 0.6 is 12.6 Å². The Bertz CT molecular complexity index is 471. The second-order valence-electron chi connectivity index (χ2n) is 5.40. The first kappa shape index (κ1) is 12.9. The fraction of sp³-hybridized carbons (Fsp3) is 0.533. The summed E-state index contributed by atoms with van der Waals surface area (Å²) in [6, 6.07) is 8.28. The highest BCUT2D eigenvalue weighted by atomic mass is 32.1. The number of piperidine rings is 1. The van der Waals surface area contributed by atoms with Crippen molar-refractivity contribution in [2.45, 2.75) is 30.9 Å². The van der Waals surface area contributed by atoms with Gasteiger partial charge in [-0.2, -0.15) is 12.6 Å². The molecule has 1 atom stereocenters. The maximum atomic E-state index is 12.1. The van der Waals surface area contributed by atoms with Gasteiger partial charge in [-0.05, 0) is 31.4 Å². The summed E-state index contributed by atoms with van der Waals surface area (Å²) >= 11 is 4.45. The smallest absolute Gasteiger partial charge is 0.228 e. The molecule has 0 saturated carbocycles. The second kappa shape index (κ2) is 5.45. The number of anilines is 2. The van der Waals surface area contributed by atoms with Gasteiger partial charge in [0.2, 0.25) is 5.91 Å². The number of thiol groups is 1. The molecule has 0 N–H and O–H groups in total. The van der Waals surface area contributed by atoms with E-state index in [2.05, 4.69) is 35.7 Å². The van der Waals surface area contributed by atoms with Crippen LogP contribution in [0.25, 0.3) is 0 Å². The van der Waals surface area contributed by atoms with E-state index in [0.717, 1.165) is 25.3 Å². The van der Waals surface area contributed by atoms with Gasteiger partial charge in [-0.3, -0.25) is 4.79 Å². The molecule has 1 unspecified atom stereocenters. The third kappa shape index (κ3) is 2.59. The molecule has 2 aliphatic heterocycles. The molecule has 0 aliphatic carbocycles. The minimum atomic E-state index is 0.168. The Labute approximate surface area is 120 Å². The topological polar surface area (TPSA) is 23.6 Å². The van der Waals surface area contributed by atoms with Crippen LogP contribution < -0.4 is 9.80 Å². The lowest BCUT2D eigenvalue weighted by Gasteiger charge is -2.32. The summed E-state index contributed by atoms with van der Waals surface area (Å²) in [4.78, 5) is 16.4. The third-order valence-corrected chi connectivity index (χ3v) is 4.32. The minimum Gasteiger partial charge on any atom is -0.370 e. The number of nitrogens with zero attached hydrogens (tertiary/aromatic N) is 2. The van der Waals surface area contributed by atoms with Crippen molar-refractivity contribution >= 4 is 29.9 Å². The largest absolute Gasteiger partial charge is 0.370 e. The molecule has 2 saturated heterocycles. The van der Waals surface area contributed by atoms with Crippen molar-refractivity contribution in [2.24, 2.45) is 0 Å². The highest BCUT2D eigenvalue weighted by Crippen LogP contribution is 2.34. The van der Waals surface area contributed by atoms with Crippen molar-refractivity contribution in [2.75, 3.05) is 29.4 Å². The zero-order valence-corrected chi connectivity index (χ0v) is 12.0. The Kier molecular flexibility index (Phi) is 3.69. The van der Waals surface area contributed by atoms with E-state index >= 15 is 0 Å². The lowest BCUT2D eigenvalue weighted by Crippen LogP contribution is -2.33. The number of hydrogen-bond donors (Lipinski definition) is 1. The van der Waals surface area contributed by atoms with E-state index in [0.29, 0.717) is 6.42 Å². The molecule has 0 aromatic heterocycles. The highest BCUT2D eigenvalue weighted by Gasteiger charge is 2.30. The molecule has 1 amide bonds. The second-order valence-corrected chi connectivity index (χ2v) is 6.13. The lowest BCUT2D eigenvalue weighted by molar-refractivity contribution is -0.117. The van der Waals surface area contributed by atoms with E-state index in [1.165, 1.54) is 24.9 Å². The van der Waals surface area contributed by atoms with Gasteiger partial charge in [0.25, 0.3) is 0 Å². The molecule has 3 nitrogen and oxygen atoms in total. The fourth-order valence-corrected chi connectivity index (χ4v) is 3.34. The maximum absolute atomic E-state index is 12.1. The van der Waals surface area contributed by atoms with Crippen LogP contribution in [0.3, 0.4) is 0 Å². The first-order valence-electron chi connectivity index (χ1n) is 7.08. The number of amides is 1. The average molecular weight is 276 g/mol. The van der Waals surface area contributed by atoms with Crippen LogP contribution in [0, 0.1) is 0 Å². The zero-order valence-electron chi connectivity index (χ0n) is 11.1. The normalized spacial score (nSPS) is 24.1. The van der Waals surface area contributed by atoms with Gasteiger partial charge in [-0.1, -0.05) is 12.1 Å². The summed E-state index contributed by atoms with van der Waals surface area (Å²) in [5.74, 6) is 0.199. The van der Waals surface area contributed by atoms with E-state index in [1.54, 1.807) is 0 Å². The van der Waals surface area contributed by atoms with Crippen molar-refractivity contribution in [3.05, 3.63) is 24.3 Å². The SMILES string of the molecule is O=C1CC(S)CN1c1ccccc1N1CCCCC1. The number of rotatable bonds is 2. The quantitative estimate of drug-likeness (QED) is 0.840. The van der Waals surface area contributed by atoms with Gasteiger partial charge in [0.1, 0.15) is 0 Å². The molecule has 2 heterocycles. The standard InChI is InChI=1S/C15H20N2OS/c18-15-10-12(19)11-17(15)14-7-3-2-6-13(14)16-8-4-1-5-9-16/h2-3,6-7,12,19H,1,4-5,8-11H2. The summed E-state index contributed by atoms with van der Waals surface area (Å²) in [6.07, 6.45) is 4.37. The van der Waals surface area contributed by atoms with E-state index in [4.69, 9.17) is 0 Å². The number of benzene rings is 1.